The third kappa shape index (κ3) is 5.21. The summed E-state index contributed by atoms with van der Waals surface area (Å²) in [6.45, 7) is 0. The smallest absolute Gasteiger partial charge is 0.271 e. The van der Waals surface area contributed by atoms with E-state index >= 15 is 0 Å². The SMILES string of the molecule is O=C(/C=C/c1ccccc1)Nc1ccc(C(=O)N/N=C\c2c3ccccc3cc3ccccc23)cc1. The van der Waals surface area contributed by atoms with Crippen molar-refractivity contribution in [2.75, 3.05) is 5.32 Å². The molecule has 0 fully saturated rings. The highest BCUT2D eigenvalue weighted by Crippen LogP contribution is 2.27. The van der Waals surface area contributed by atoms with E-state index in [9.17, 15) is 9.59 Å². The van der Waals surface area contributed by atoms with E-state index in [1.54, 1.807) is 36.6 Å². The lowest BCUT2D eigenvalue weighted by molar-refractivity contribution is -0.111. The standard InChI is InChI=1S/C31H23N3O2/c35-30(19-14-22-8-2-1-3-9-22)33-26-17-15-23(16-18-26)31(36)34-32-21-29-27-12-6-4-10-24(27)20-25-11-5-7-13-28(25)29/h1-21H,(H,33,35)(H,34,36)/b19-14+,32-21-. The number of fused-ring (bicyclic) bond motifs is 2. The molecule has 2 N–H and O–H groups in total. The zero-order chi connectivity index (χ0) is 24.7. The summed E-state index contributed by atoms with van der Waals surface area (Å²) < 4.78 is 0. The molecule has 0 aliphatic carbocycles. The maximum absolute atomic E-state index is 12.6. The van der Waals surface area contributed by atoms with Gasteiger partial charge in [0.2, 0.25) is 5.91 Å². The zero-order valence-corrected chi connectivity index (χ0v) is 19.4. The van der Waals surface area contributed by atoms with Crippen LogP contribution in [0, 0.1) is 0 Å². The number of nitrogens with one attached hydrogen (secondary N) is 2. The first-order valence-corrected chi connectivity index (χ1v) is 11.6. The van der Waals surface area contributed by atoms with Crippen LogP contribution in [0.3, 0.4) is 0 Å². The molecule has 0 radical (unpaired) electrons. The molecule has 5 aromatic rings. The van der Waals surface area contributed by atoms with E-state index in [2.05, 4.69) is 34.0 Å². The van der Waals surface area contributed by atoms with Crippen molar-refractivity contribution in [2.24, 2.45) is 5.10 Å². The highest BCUT2D eigenvalue weighted by atomic mass is 16.2. The van der Waals surface area contributed by atoms with Crippen LogP contribution in [0.4, 0.5) is 5.69 Å². The lowest BCUT2D eigenvalue weighted by Crippen LogP contribution is -2.17. The maximum atomic E-state index is 12.6. The molecule has 5 nitrogen and oxygen atoms in total. The predicted molar refractivity (Wildman–Crippen MR) is 147 cm³/mol. The molecule has 0 heterocycles. The van der Waals surface area contributed by atoms with Gasteiger partial charge >= 0.3 is 0 Å². The Morgan fingerprint density at radius 1 is 0.694 bits per heavy atom. The average molecular weight is 470 g/mol. The van der Waals surface area contributed by atoms with Crippen molar-refractivity contribution in [1.29, 1.82) is 0 Å². The molecule has 174 valence electrons. The molecule has 5 rings (SSSR count). The molecule has 0 aliphatic heterocycles. The van der Waals surface area contributed by atoms with E-state index in [-0.39, 0.29) is 11.8 Å². The number of rotatable bonds is 6. The molecule has 0 unspecified atom stereocenters. The summed E-state index contributed by atoms with van der Waals surface area (Å²) >= 11 is 0. The first-order valence-electron chi connectivity index (χ1n) is 11.6. The number of hydrogen-bond donors (Lipinski definition) is 2. The fourth-order valence-electron chi connectivity index (χ4n) is 4.03. The van der Waals surface area contributed by atoms with Crippen LogP contribution in [0.25, 0.3) is 27.6 Å². The van der Waals surface area contributed by atoms with Crippen LogP contribution in [0.5, 0.6) is 0 Å². The number of carbonyl (C=O) groups excluding carboxylic acids is 2. The van der Waals surface area contributed by atoms with Gasteiger partial charge in [-0.3, -0.25) is 9.59 Å². The molecular weight excluding hydrogens is 446 g/mol. The number of carbonyl (C=O) groups is 2. The maximum Gasteiger partial charge on any atom is 0.271 e. The van der Waals surface area contributed by atoms with Crippen LogP contribution < -0.4 is 10.7 Å². The van der Waals surface area contributed by atoms with Crippen molar-refractivity contribution in [2.45, 2.75) is 0 Å². The Morgan fingerprint density at radius 3 is 1.97 bits per heavy atom. The summed E-state index contributed by atoms with van der Waals surface area (Å²) in [4.78, 5) is 24.8. The Balaban J connectivity index is 1.26. The minimum atomic E-state index is -0.336. The number of hydrazone groups is 1. The van der Waals surface area contributed by atoms with Crippen LogP contribution in [0.2, 0.25) is 0 Å². The number of hydrogen-bond acceptors (Lipinski definition) is 3. The minimum Gasteiger partial charge on any atom is -0.323 e. The molecule has 0 saturated heterocycles. The number of nitrogens with zero attached hydrogens (tertiary/aromatic N) is 1. The van der Waals surface area contributed by atoms with Gasteiger partial charge in [0.25, 0.3) is 5.91 Å². The molecule has 0 saturated carbocycles. The van der Waals surface area contributed by atoms with Gasteiger partial charge in [-0.25, -0.2) is 5.43 Å². The first-order chi connectivity index (χ1) is 17.7. The third-order valence-corrected chi connectivity index (χ3v) is 5.81. The molecule has 5 aromatic carbocycles. The molecule has 0 aromatic heterocycles. The van der Waals surface area contributed by atoms with Crippen LogP contribution in [-0.2, 0) is 4.79 Å². The van der Waals surface area contributed by atoms with Gasteiger partial charge in [0.05, 0.1) is 6.21 Å². The van der Waals surface area contributed by atoms with Gasteiger partial charge in [0, 0.05) is 22.9 Å². The van der Waals surface area contributed by atoms with Gasteiger partial charge in [-0.05, 0) is 63.5 Å². The van der Waals surface area contributed by atoms with Crippen molar-refractivity contribution < 1.29 is 9.59 Å². The summed E-state index contributed by atoms with van der Waals surface area (Å²) in [5, 5.41) is 11.4. The highest BCUT2D eigenvalue weighted by Gasteiger charge is 2.07. The lowest BCUT2D eigenvalue weighted by Gasteiger charge is -2.08. The summed E-state index contributed by atoms with van der Waals surface area (Å²) in [6, 6.07) is 34.6. The van der Waals surface area contributed by atoms with Gasteiger partial charge in [0.1, 0.15) is 0 Å². The number of amides is 2. The molecule has 0 aliphatic rings. The Morgan fingerprint density at radius 2 is 1.31 bits per heavy atom. The predicted octanol–water partition coefficient (Wildman–Crippen LogP) is 6.41. The lowest BCUT2D eigenvalue weighted by atomic mass is 9.97. The normalized spacial score (nSPS) is 11.3. The quantitative estimate of drug-likeness (QED) is 0.131. The topological polar surface area (TPSA) is 70.6 Å². The molecule has 0 atom stereocenters. The van der Waals surface area contributed by atoms with Gasteiger partial charge in [-0.15, -0.1) is 0 Å². The molecule has 36 heavy (non-hydrogen) atoms. The molecular formula is C31H23N3O2. The van der Waals surface area contributed by atoms with E-state index in [1.807, 2.05) is 66.7 Å². The van der Waals surface area contributed by atoms with E-state index in [0.29, 0.717) is 11.3 Å². The molecule has 5 heteroatoms. The van der Waals surface area contributed by atoms with Gasteiger partial charge in [-0.1, -0.05) is 78.9 Å². The monoisotopic (exact) mass is 469 g/mol. The van der Waals surface area contributed by atoms with Crippen molar-refractivity contribution in [1.82, 2.24) is 5.43 Å². The zero-order valence-electron chi connectivity index (χ0n) is 19.4. The van der Waals surface area contributed by atoms with Crippen LogP contribution >= 0.6 is 0 Å². The highest BCUT2D eigenvalue weighted by molar-refractivity contribution is 6.13. The Hall–Kier alpha value is -5.03. The fourth-order valence-corrected chi connectivity index (χ4v) is 4.03. The Labute approximate surface area is 208 Å². The van der Waals surface area contributed by atoms with Gasteiger partial charge < -0.3 is 5.32 Å². The van der Waals surface area contributed by atoms with Crippen LogP contribution in [-0.4, -0.2) is 18.0 Å². The van der Waals surface area contributed by atoms with Crippen LogP contribution in [0.1, 0.15) is 21.5 Å². The van der Waals surface area contributed by atoms with Gasteiger partial charge in [0.15, 0.2) is 0 Å². The number of benzene rings is 5. The molecule has 0 bridgehead atoms. The Bertz CT molecular complexity index is 1550. The van der Waals surface area contributed by atoms with Crippen LogP contribution in [0.15, 0.2) is 120 Å². The van der Waals surface area contributed by atoms with Crippen molar-refractivity contribution in [3.05, 3.63) is 132 Å². The number of anilines is 1. The fraction of sp³-hybridized carbons (Fsp3) is 0. The second kappa shape index (κ2) is 10.5. The average Bonchev–Trinajstić information content (AvgIpc) is 2.92. The third-order valence-electron chi connectivity index (χ3n) is 5.81. The van der Waals surface area contributed by atoms with Crippen molar-refractivity contribution >= 4 is 51.3 Å². The van der Waals surface area contributed by atoms with E-state index in [1.165, 1.54) is 6.08 Å². The summed E-state index contributed by atoms with van der Waals surface area (Å²) in [6.07, 6.45) is 4.91. The Kier molecular flexibility index (Phi) is 6.63. The van der Waals surface area contributed by atoms with E-state index in [0.717, 1.165) is 32.7 Å². The van der Waals surface area contributed by atoms with Crippen molar-refractivity contribution in [3.8, 4) is 0 Å². The molecule has 2 amide bonds. The minimum absolute atomic E-state index is 0.247. The summed E-state index contributed by atoms with van der Waals surface area (Å²) in [5.41, 5.74) is 5.53. The van der Waals surface area contributed by atoms with E-state index in [4.69, 9.17) is 0 Å². The molecule has 0 spiro atoms. The van der Waals surface area contributed by atoms with Gasteiger partial charge in [-0.2, -0.15) is 5.10 Å². The largest absolute Gasteiger partial charge is 0.323 e. The van der Waals surface area contributed by atoms with Crippen molar-refractivity contribution in [3.63, 3.8) is 0 Å². The summed E-state index contributed by atoms with van der Waals surface area (Å²) in [5.74, 6) is -0.583. The second-order valence-electron chi connectivity index (χ2n) is 8.24. The summed E-state index contributed by atoms with van der Waals surface area (Å²) in [7, 11) is 0. The second-order valence-corrected chi connectivity index (χ2v) is 8.24. The van der Waals surface area contributed by atoms with E-state index < -0.39 is 0 Å². The first kappa shape index (κ1) is 22.7.